The van der Waals surface area contributed by atoms with E-state index < -0.39 is 63.5 Å². The first kappa shape index (κ1) is 28.6. The molecule has 2 fully saturated rings. The molecule has 0 aliphatic heterocycles. The van der Waals surface area contributed by atoms with E-state index in [9.17, 15) is 39.6 Å². The second-order valence-electron chi connectivity index (χ2n) is 12.4. The molecule has 0 spiro atoms. The minimum Gasteiger partial charge on any atom is -0.508 e. The largest absolute Gasteiger partial charge is 0.508 e. The van der Waals surface area contributed by atoms with E-state index in [-0.39, 0.29) is 42.2 Å². The van der Waals surface area contributed by atoms with E-state index in [0.717, 1.165) is 12.8 Å². The number of hydrogen-bond acceptors (Lipinski definition) is 10. The number of phenolic OH excluding ortho intramolecular Hbond substituents is 1. The Bertz CT molecular complexity index is 1470. The summed E-state index contributed by atoms with van der Waals surface area (Å²) in [4.78, 5) is 55.3. The van der Waals surface area contributed by atoms with Crippen molar-refractivity contribution in [3.63, 3.8) is 0 Å². The van der Waals surface area contributed by atoms with Gasteiger partial charge in [-0.3, -0.25) is 24.1 Å². The number of nitrogens with zero attached hydrogens (tertiary/aromatic N) is 2. The zero-order valence-corrected chi connectivity index (χ0v) is 23.7. The number of anilines is 1. The van der Waals surface area contributed by atoms with Crippen LogP contribution in [0.5, 0.6) is 5.75 Å². The molecular formula is C29H36N4O8. The van der Waals surface area contributed by atoms with Gasteiger partial charge >= 0.3 is 0 Å². The van der Waals surface area contributed by atoms with Crippen molar-refractivity contribution in [1.29, 1.82) is 0 Å². The number of aromatic hydroxyl groups is 1. The van der Waals surface area contributed by atoms with E-state index in [1.165, 1.54) is 4.90 Å². The molecule has 0 saturated heterocycles. The van der Waals surface area contributed by atoms with E-state index in [1.807, 2.05) is 6.92 Å². The number of hydrogen-bond donors (Lipinski definition) is 6. The normalized spacial score (nSPS) is 28.2. The molecule has 0 bridgehead atoms. The first-order valence-electron chi connectivity index (χ1n) is 13.5. The number of carbonyl (C=O) groups is 4. The molecule has 4 unspecified atom stereocenters. The summed E-state index contributed by atoms with van der Waals surface area (Å²) in [5.74, 6) is -7.12. The van der Waals surface area contributed by atoms with Gasteiger partial charge in [-0.25, -0.2) is 0 Å². The van der Waals surface area contributed by atoms with E-state index in [4.69, 9.17) is 5.73 Å². The highest BCUT2D eigenvalue weighted by molar-refractivity contribution is 6.24. The zero-order valence-electron chi connectivity index (χ0n) is 23.7. The molecule has 1 aromatic carbocycles. The van der Waals surface area contributed by atoms with Gasteiger partial charge in [0.25, 0.3) is 5.91 Å². The van der Waals surface area contributed by atoms with Crippen LogP contribution in [0.15, 0.2) is 23.0 Å². The summed E-state index contributed by atoms with van der Waals surface area (Å²) in [6.45, 7) is 1.84. The number of aliphatic hydroxyl groups excluding tert-OH is 2. The number of likely N-dealkylation sites (N-methyl/N-ethyl adjacent to an activating group) is 1. The monoisotopic (exact) mass is 568 g/mol. The van der Waals surface area contributed by atoms with Crippen molar-refractivity contribution in [3.05, 3.63) is 39.7 Å². The van der Waals surface area contributed by atoms with Gasteiger partial charge in [0.15, 0.2) is 11.4 Å². The number of carbonyl (C=O) groups excluding carboxylic acids is 4. The molecule has 4 atom stereocenters. The first-order valence-corrected chi connectivity index (χ1v) is 13.5. The van der Waals surface area contributed by atoms with Gasteiger partial charge in [-0.05, 0) is 57.3 Å². The molecule has 2 saturated carbocycles. The average Bonchev–Trinajstić information content (AvgIpc) is 3.63. The molecule has 4 aliphatic rings. The van der Waals surface area contributed by atoms with Crippen molar-refractivity contribution in [1.82, 2.24) is 10.2 Å². The van der Waals surface area contributed by atoms with Crippen LogP contribution in [0.1, 0.15) is 42.9 Å². The Morgan fingerprint density at radius 2 is 1.76 bits per heavy atom. The highest BCUT2D eigenvalue weighted by Crippen LogP contribution is 2.54. The lowest BCUT2D eigenvalue weighted by molar-refractivity contribution is -0.153. The lowest BCUT2D eigenvalue weighted by atomic mass is 9.57. The third kappa shape index (κ3) is 4.03. The summed E-state index contributed by atoms with van der Waals surface area (Å²) in [6.07, 6.45) is 1.74. The topological polar surface area (TPSA) is 194 Å². The standard InChI is InChI=1S/C29H36N4O8/c1-28(6-7-28)27(40)31-11-13-10-16(32(2)3)14-8-12-9-15-20(33(4)5)23(36)19(26(30)39)25(38)29(15,41)24(37)17(12)22(35)18(14)21(13)34/h10,12,15,20,34-35,38,41H,6-9,11H2,1-5H3,(H2,30,39)(H,31,40). The van der Waals surface area contributed by atoms with Crippen molar-refractivity contribution in [2.24, 2.45) is 23.0 Å². The predicted octanol–water partition coefficient (Wildman–Crippen LogP) is 0.446. The maximum absolute atomic E-state index is 14.0. The number of Topliss-reactive ketones (excluding diaryl/α,β-unsaturated/α-hetero) is 2. The number of primary amides is 1. The molecule has 41 heavy (non-hydrogen) atoms. The van der Waals surface area contributed by atoms with Gasteiger partial charge in [-0.15, -0.1) is 0 Å². The van der Waals surface area contributed by atoms with E-state index in [1.54, 1.807) is 39.2 Å². The van der Waals surface area contributed by atoms with Crippen LogP contribution >= 0.6 is 0 Å². The number of amides is 2. The van der Waals surface area contributed by atoms with Crippen LogP contribution in [0, 0.1) is 17.3 Å². The smallest absolute Gasteiger partial charge is 0.255 e. The molecule has 5 rings (SSSR count). The maximum Gasteiger partial charge on any atom is 0.255 e. The summed E-state index contributed by atoms with van der Waals surface area (Å²) in [5.41, 5.74) is 2.70. The molecular weight excluding hydrogens is 532 g/mol. The average molecular weight is 569 g/mol. The second-order valence-corrected chi connectivity index (χ2v) is 12.4. The molecule has 1 aromatic rings. The van der Waals surface area contributed by atoms with Crippen LogP contribution in [-0.4, -0.2) is 88.5 Å². The quantitative estimate of drug-likeness (QED) is 0.262. The molecule has 0 radical (unpaired) electrons. The number of nitrogens with two attached hydrogens (primary N) is 1. The van der Waals surface area contributed by atoms with Gasteiger partial charge in [0.05, 0.1) is 11.6 Å². The van der Waals surface area contributed by atoms with E-state index in [2.05, 4.69) is 5.32 Å². The van der Waals surface area contributed by atoms with E-state index >= 15 is 0 Å². The Balaban J connectivity index is 1.66. The molecule has 12 nitrogen and oxygen atoms in total. The highest BCUT2D eigenvalue weighted by atomic mass is 16.3. The summed E-state index contributed by atoms with van der Waals surface area (Å²) in [7, 11) is 6.69. The second kappa shape index (κ2) is 9.31. The van der Waals surface area contributed by atoms with Gasteiger partial charge in [0.2, 0.25) is 11.7 Å². The lowest BCUT2D eigenvalue weighted by Gasteiger charge is -2.50. The number of phenols is 1. The molecule has 2 amide bonds. The number of aliphatic hydroxyl groups is 3. The number of benzene rings is 1. The third-order valence-electron chi connectivity index (χ3n) is 9.25. The van der Waals surface area contributed by atoms with Gasteiger partial charge in [-0.2, -0.15) is 0 Å². The lowest BCUT2D eigenvalue weighted by Crippen LogP contribution is -2.65. The zero-order chi connectivity index (χ0) is 30.3. The Hall–Kier alpha value is -3.90. The van der Waals surface area contributed by atoms with Crippen molar-refractivity contribution in [3.8, 4) is 5.75 Å². The first-order chi connectivity index (χ1) is 19.1. The Kier molecular flexibility index (Phi) is 6.50. The van der Waals surface area contributed by atoms with Gasteiger partial charge in [0.1, 0.15) is 22.8 Å². The summed E-state index contributed by atoms with van der Waals surface area (Å²) in [5, 5.41) is 48.5. The van der Waals surface area contributed by atoms with Crippen molar-refractivity contribution in [2.45, 2.75) is 50.8 Å². The van der Waals surface area contributed by atoms with Crippen molar-refractivity contribution in [2.75, 3.05) is 33.1 Å². The van der Waals surface area contributed by atoms with Crippen molar-refractivity contribution >= 4 is 34.8 Å². The van der Waals surface area contributed by atoms with E-state index in [0.29, 0.717) is 16.8 Å². The van der Waals surface area contributed by atoms with Crippen LogP contribution in [0.3, 0.4) is 0 Å². The molecule has 7 N–H and O–H groups in total. The molecule has 4 aliphatic carbocycles. The molecule has 0 heterocycles. The van der Waals surface area contributed by atoms with Crippen molar-refractivity contribution < 1.29 is 39.6 Å². The summed E-state index contributed by atoms with van der Waals surface area (Å²) >= 11 is 0. The van der Waals surface area contributed by atoms with Gasteiger partial charge in [0, 0.05) is 48.8 Å². The fourth-order valence-corrected chi connectivity index (χ4v) is 6.68. The van der Waals surface area contributed by atoms with Crippen LogP contribution in [0.4, 0.5) is 5.69 Å². The summed E-state index contributed by atoms with van der Waals surface area (Å²) in [6, 6.07) is 0.581. The van der Waals surface area contributed by atoms with Crippen LogP contribution in [0.25, 0.3) is 5.76 Å². The highest BCUT2D eigenvalue weighted by Gasteiger charge is 2.64. The Morgan fingerprint density at radius 1 is 1.12 bits per heavy atom. The maximum atomic E-state index is 14.0. The molecule has 0 aromatic heterocycles. The fourth-order valence-electron chi connectivity index (χ4n) is 6.68. The summed E-state index contributed by atoms with van der Waals surface area (Å²) < 4.78 is 0. The fraction of sp³-hybridized carbons (Fsp3) is 0.517. The van der Waals surface area contributed by atoms with Crippen LogP contribution in [0.2, 0.25) is 0 Å². The van der Waals surface area contributed by atoms with Crippen LogP contribution in [-0.2, 0) is 32.1 Å². The Labute approximate surface area is 237 Å². The SMILES string of the molecule is CN(C)c1cc(CNC(=O)C2(C)CC2)c(O)c2c1CC1CC3C(N(C)C)C(=O)C(C(N)=O)=C(O)C3(O)C(=O)C1=C2O. The van der Waals surface area contributed by atoms with Gasteiger partial charge in [-0.1, -0.05) is 6.92 Å². The number of nitrogens with one attached hydrogen (secondary N) is 1. The predicted molar refractivity (Wildman–Crippen MR) is 148 cm³/mol. The molecule has 220 valence electrons. The number of rotatable bonds is 6. The molecule has 12 heteroatoms. The number of ketones is 2. The third-order valence-corrected chi connectivity index (χ3v) is 9.25. The number of fused-ring (bicyclic) bond motifs is 3. The van der Waals surface area contributed by atoms with Crippen LogP contribution < -0.4 is 16.0 Å². The van der Waals surface area contributed by atoms with Gasteiger partial charge < -0.3 is 36.4 Å². The Morgan fingerprint density at radius 3 is 2.29 bits per heavy atom. The minimum absolute atomic E-state index is 0.00521. The minimum atomic E-state index is -2.70.